The van der Waals surface area contributed by atoms with Crippen LogP contribution in [0.5, 0.6) is 0 Å². The van der Waals surface area contributed by atoms with Gasteiger partial charge in [0.2, 0.25) is 0 Å². The van der Waals surface area contributed by atoms with Crippen LogP contribution < -0.4 is 0 Å². The fraction of sp³-hybridized carbons (Fsp3) is 0.800. The molecule has 6 nitrogen and oxygen atoms in total. The van der Waals surface area contributed by atoms with Gasteiger partial charge in [0.25, 0.3) is 5.91 Å². The molecule has 0 radical (unpaired) electrons. The number of aliphatic hydroxyl groups is 1. The third-order valence-corrected chi connectivity index (χ3v) is 2.39. The van der Waals surface area contributed by atoms with Gasteiger partial charge in [-0.25, -0.2) is 4.79 Å². The number of amides is 1. The molecular weight excluding hydrogens is 214 g/mol. The Balaban J connectivity index is 2.82. The molecule has 0 aromatic heterocycles. The lowest BCUT2D eigenvalue weighted by Gasteiger charge is -2.36. The van der Waals surface area contributed by atoms with Gasteiger partial charge in [0.15, 0.2) is 6.04 Å². The van der Waals surface area contributed by atoms with E-state index >= 15 is 0 Å². The molecule has 0 aromatic rings. The van der Waals surface area contributed by atoms with Crippen molar-refractivity contribution in [2.24, 2.45) is 0 Å². The first-order valence-corrected chi connectivity index (χ1v) is 5.07. The summed E-state index contributed by atoms with van der Waals surface area (Å²) in [6.07, 6.45) is 0. The molecule has 1 fully saturated rings. The zero-order valence-corrected chi connectivity index (χ0v) is 9.73. The van der Waals surface area contributed by atoms with E-state index in [1.165, 1.54) is 25.9 Å². The van der Waals surface area contributed by atoms with E-state index in [0.717, 1.165) is 0 Å². The molecular formula is C10H17NO5. The van der Waals surface area contributed by atoms with Crippen molar-refractivity contribution < 1.29 is 24.2 Å². The molecule has 1 unspecified atom stereocenters. The first-order valence-electron chi connectivity index (χ1n) is 5.07. The zero-order chi connectivity index (χ0) is 12.3. The predicted octanol–water partition coefficient (Wildman–Crippen LogP) is -0.842. The van der Waals surface area contributed by atoms with Crippen LogP contribution in [0.25, 0.3) is 0 Å². The summed E-state index contributed by atoms with van der Waals surface area (Å²) in [5.41, 5.74) is -1.50. The lowest BCUT2D eigenvalue weighted by Crippen LogP contribution is -2.57. The summed E-state index contributed by atoms with van der Waals surface area (Å²) in [6, 6.07) is -0.766. The fourth-order valence-corrected chi connectivity index (χ4v) is 1.53. The van der Waals surface area contributed by atoms with Crippen molar-refractivity contribution in [3.63, 3.8) is 0 Å². The number of carbonyl (C=O) groups excluding carboxylic acids is 2. The Morgan fingerprint density at radius 3 is 2.62 bits per heavy atom. The van der Waals surface area contributed by atoms with Crippen LogP contribution in [-0.4, -0.2) is 60.4 Å². The van der Waals surface area contributed by atoms with Crippen LogP contribution in [0, 0.1) is 0 Å². The van der Waals surface area contributed by atoms with Crippen LogP contribution in [0.15, 0.2) is 0 Å². The highest BCUT2D eigenvalue weighted by Gasteiger charge is 2.39. The van der Waals surface area contributed by atoms with Gasteiger partial charge in [0, 0.05) is 6.54 Å². The second kappa shape index (κ2) is 4.80. The molecule has 1 atom stereocenters. The lowest BCUT2D eigenvalue weighted by molar-refractivity contribution is -0.168. The maximum Gasteiger partial charge on any atom is 0.331 e. The quantitative estimate of drug-likeness (QED) is 0.627. The maximum atomic E-state index is 11.9. The minimum absolute atomic E-state index is 0.106. The molecule has 0 saturated carbocycles. The zero-order valence-electron chi connectivity index (χ0n) is 9.73. The van der Waals surface area contributed by atoms with Gasteiger partial charge < -0.3 is 19.5 Å². The summed E-state index contributed by atoms with van der Waals surface area (Å²) >= 11 is 0. The van der Waals surface area contributed by atoms with Gasteiger partial charge in [-0.2, -0.15) is 0 Å². The third kappa shape index (κ3) is 2.70. The van der Waals surface area contributed by atoms with Crippen LogP contribution in [0.2, 0.25) is 0 Å². The molecule has 0 aromatic carbocycles. The van der Waals surface area contributed by atoms with Crippen molar-refractivity contribution in [1.82, 2.24) is 4.90 Å². The van der Waals surface area contributed by atoms with Crippen LogP contribution in [0.1, 0.15) is 13.8 Å². The topological polar surface area (TPSA) is 76.1 Å². The van der Waals surface area contributed by atoms with E-state index in [2.05, 4.69) is 4.74 Å². The number of hydrogen-bond donors (Lipinski definition) is 1. The maximum absolute atomic E-state index is 11.9. The Kier molecular flexibility index (Phi) is 3.88. The molecule has 6 heteroatoms. The summed E-state index contributed by atoms with van der Waals surface area (Å²) in [6.45, 7) is 3.52. The molecule has 1 saturated heterocycles. The van der Waals surface area contributed by atoms with Crippen molar-refractivity contribution in [3.05, 3.63) is 0 Å². The molecule has 16 heavy (non-hydrogen) atoms. The van der Waals surface area contributed by atoms with E-state index in [1.807, 2.05) is 0 Å². The third-order valence-electron chi connectivity index (χ3n) is 2.39. The van der Waals surface area contributed by atoms with E-state index < -0.39 is 23.5 Å². The molecule has 1 heterocycles. The lowest BCUT2D eigenvalue weighted by atomic mass is 10.1. The van der Waals surface area contributed by atoms with Crippen molar-refractivity contribution >= 4 is 11.9 Å². The Morgan fingerprint density at radius 2 is 2.12 bits per heavy atom. The van der Waals surface area contributed by atoms with Crippen molar-refractivity contribution in [3.8, 4) is 0 Å². The number of methoxy groups -OCH3 is 1. The second-order valence-corrected chi connectivity index (χ2v) is 4.17. The van der Waals surface area contributed by atoms with Crippen molar-refractivity contribution in [2.75, 3.05) is 26.9 Å². The highest BCUT2D eigenvalue weighted by atomic mass is 16.5. The van der Waals surface area contributed by atoms with Crippen LogP contribution >= 0.6 is 0 Å². The van der Waals surface area contributed by atoms with E-state index in [1.54, 1.807) is 0 Å². The van der Waals surface area contributed by atoms with Gasteiger partial charge in [-0.15, -0.1) is 0 Å². The van der Waals surface area contributed by atoms with Gasteiger partial charge in [0.1, 0.15) is 5.60 Å². The van der Waals surface area contributed by atoms with Crippen molar-refractivity contribution in [2.45, 2.75) is 25.5 Å². The minimum atomic E-state index is -1.50. The fourth-order valence-electron chi connectivity index (χ4n) is 1.53. The first kappa shape index (κ1) is 12.9. The van der Waals surface area contributed by atoms with Crippen molar-refractivity contribution in [1.29, 1.82) is 0 Å². The monoisotopic (exact) mass is 231 g/mol. The average Bonchev–Trinajstić information content (AvgIpc) is 2.25. The summed E-state index contributed by atoms with van der Waals surface area (Å²) in [5, 5.41) is 9.63. The van der Waals surface area contributed by atoms with Gasteiger partial charge in [-0.3, -0.25) is 4.79 Å². The summed E-state index contributed by atoms with van der Waals surface area (Å²) in [4.78, 5) is 24.6. The van der Waals surface area contributed by atoms with Gasteiger partial charge >= 0.3 is 5.97 Å². The molecule has 1 aliphatic heterocycles. The molecule has 92 valence electrons. The first-order chi connectivity index (χ1) is 7.38. The molecule has 0 spiro atoms. The number of hydrogen-bond acceptors (Lipinski definition) is 5. The number of esters is 1. The molecule has 1 rings (SSSR count). The molecule has 1 aliphatic rings. The Hall–Kier alpha value is -1.14. The standard InChI is InChI=1S/C10H17NO5/c1-10(2,14)9(13)11-4-5-16-6-7(11)8(12)15-3/h7,14H,4-6H2,1-3H3. The summed E-state index contributed by atoms with van der Waals surface area (Å²) in [5.74, 6) is -1.02. The van der Waals surface area contributed by atoms with E-state index in [9.17, 15) is 14.7 Å². The number of carbonyl (C=O) groups is 2. The largest absolute Gasteiger partial charge is 0.467 e. The number of ether oxygens (including phenoxy) is 2. The predicted molar refractivity (Wildman–Crippen MR) is 54.6 cm³/mol. The Labute approximate surface area is 94.1 Å². The SMILES string of the molecule is COC(=O)C1COCCN1C(=O)C(C)(C)O. The normalized spacial score (nSPS) is 21.8. The van der Waals surface area contributed by atoms with Crippen LogP contribution in [-0.2, 0) is 19.1 Å². The smallest absolute Gasteiger partial charge is 0.331 e. The number of nitrogens with zero attached hydrogens (tertiary/aromatic N) is 1. The summed E-state index contributed by atoms with van der Waals surface area (Å²) < 4.78 is 9.71. The Bertz CT molecular complexity index is 283. The highest BCUT2D eigenvalue weighted by Crippen LogP contribution is 2.15. The number of rotatable bonds is 2. The molecule has 0 bridgehead atoms. The number of morpholine rings is 1. The van der Waals surface area contributed by atoms with Crippen LogP contribution in [0.3, 0.4) is 0 Å². The Morgan fingerprint density at radius 1 is 1.50 bits per heavy atom. The molecule has 1 N–H and O–H groups in total. The van der Waals surface area contributed by atoms with Gasteiger partial charge in [0.05, 0.1) is 20.3 Å². The highest BCUT2D eigenvalue weighted by molar-refractivity contribution is 5.89. The minimum Gasteiger partial charge on any atom is -0.467 e. The second-order valence-electron chi connectivity index (χ2n) is 4.17. The average molecular weight is 231 g/mol. The van der Waals surface area contributed by atoms with Crippen LogP contribution in [0.4, 0.5) is 0 Å². The van der Waals surface area contributed by atoms with Gasteiger partial charge in [-0.1, -0.05) is 0 Å². The van der Waals surface area contributed by atoms with Gasteiger partial charge in [-0.05, 0) is 13.8 Å². The van der Waals surface area contributed by atoms with E-state index in [-0.39, 0.29) is 13.2 Å². The molecule has 1 amide bonds. The van der Waals surface area contributed by atoms with E-state index in [4.69, 9.17) is 4.74 Å². The molecule has 0 aliphatic carbocycles. The summed E-state index contributed by atoms with van der Waals surface area (Å²) in [7, 11) is 1.25. The van der Waals surface area contributed by atoms with E-state index in [0.29, 0.717) is 6.61 Å².